The molecule has 2 aromatic carbocycles. The second-order valence-electron chi connectivity index (χ2n) is 5.84. The predicted molar refractivity (Wildman–Crippen MR) is 88.9 cm³/mol. The lowest BCUT2D eigenvalue weighted by molar-refractivity contribution is 0.0951. The topological polar surface area (TPSA) is 75.3 Å². The fraction of sp³-hybridized carbons (Fsp3) is 0.235. The summed E-state index contributed by atoms with van der Waals surface area (Å²) in [6.45, 7) is 1.52. The summed E-state index contributed by atoms with van der Waals surface area (Å²) in [5, 5.41) is 2.85. The smallest absolute Gasteiger partial charge is 0.262 e. The van der Waals surface area contributed by atoms with Crippen LogP contribution in [0.1, 0.15) is 28.8 Å². The molecule has 0 atom stereocenters. The summed E-state index contributed by atoms with van der Waals surface area (Å²) in [5.74, 6) is -0.721. The Hall–Kier alpha value is -2.41. The zero-order valence-corrected chi connectivity index (χ0v) is 13.9. The number of aryl methyl sites for hydroxylation is 1. The van der Waals surface area contributed by atoms with Gasteiger partial charge in [0, 0.05) is 17.3 Å². The molecule has 1 saturated carbocycles. The van der Waals surface area contributed by atoms with Gasteiger partial charge < -0.3 is 5.32 Å². The van der Waals surface area contributed by atoms with Crippen molar-refractivity contribution in [3.8, 4) is 0 Å². The highest BCUT2D eigenvalue weighted by atomic mass is 32.2. The summed E-state index contributed by atoms with van der Waals surface area (Å²) >= 11 is 0. The first-order valence-electron chi connectivity index (χ1n) is 7.55. The van der Waals surface area contributed by atoms with Gasteiger partial charge in [-0.15, -0.1) is 0 Å². The van der Waals surface area contributed by atoms with Crippen LogP contribution in [0.25, 0.3) is 0 Å². The molecule has 2 N–H and O–H groups in total. The molecule has 0 unspecified atom stereocenters. The third-order valence-corrected chi connectivity index (χ3v) is 5.26. The van der Waals surface area contributed by atoms with Crippen LogP contribution in [0.2, 0.25) is 0 Å². The number of nitrogens with one attached hydrogen (secondary N) is 2. The first-order chi connectivity index (χ1) is 11.3. The molecule has 0 aromatic heterocycles. The minimum absolute atomic E-state index is 0.00302. The minimum atomic E-state index is -3.86. The molecule has 0 aliphatic heterocycles. The number of carbonyl (C=O) groups is 1. The number of amides is 1. The molecule has 24 heavy (non-hydrogen) atoms. The molecule has 0 heterocycles. The summed E-state index contributed by atoms with van der Waals surface area (Å²) in [5.41, 5.74) is 0.977. The molecule has 7 heteroatoms. The van der Waals surface area contributed by atoms with Crippen LogP contribution in [-0.4, -0.2) is 20.4 Å². The Kier molecular flexibility index (Phi) is 4.28. The van der Waals surface area contributed by atoms with E-state index < -0.39 is 15.8 Å². The maximum Gasteiger partial charge on any atom is 0.262 e. The Morgan fingerprint density at radius 2 is 1.92 bits per heavy atom. The van der Waals surface area contributed by atoms with E-state index in [1.807, 2.05) is 0 Å². The summed E-state index contributed by atoms with van der Waals surface area (Å²) in [6.07, 6.45) is 1.95. The lowest BCUT2D eigenvalue weighted by Gasteiger charge is -2.11. The van der Waals surface area contributed by atoms with Crippen molar-refractivity contribution in [3.63, 3.8) is 0 Å². The van der Waals surface area contributed by atoms with Gasteiger partial charge in [0.05, 0.1) is 4.90 Å². The Morgan fingerprint density at radius 1 is 1.17 bits per heavy atom. The second kappa shape index (κ2) is 6.24. The van der Waals surface area contributed by atoms with Crippen molar-refractivity contribution >= 4 is 21.6 Å². The van der Waals surface area contributed by atoms with Gasteiger partial charge in [0.2, 0.25) is 0 Å². The average molecular weight is 348 g/mol. The molecule has 2 aromatic rings. The lowest BCUT2D eigenvalue weighted by Crippen LogP contribution is -2.25. The summed E-state index contributed by atoms with van der Waals surface area (Å²) < 4.78 is 40.5. The van der Waals surface area contributed by atoms with Gasteiger partial charge in [0.25, 0.3) is 15.9 Å². The van der Waals surface area contributed by atoms with Gasteiger partial charge in [-0.05, 0) is 61.7 Å². The fourth-order valence-electron chi connectivity index (χ4n) is 2.34. The van der Waals surface area contributed by atoms with E-state index in [1.54, 1.807) is 18.2 Å². The van der Waals surface area contributed by atoms with E-state index in [2.05, 4.69) is 10.0 Å². The average Bonchev–Trinajstić information content (AvgIpc) is 3.30. The molecule has 126 valence electrons. The molecule has 0 radical (unpaired) electrons. The summed E-state index contributed by atoms with van der Waals surface area (Å²) in [7, 11) is -3.86. The monoisotopic (exact) mass is 348 g/mol. The number of rotatable bonds is 5. The van der Waals surface area contributed by atoms with Crippen molar-refractivity contribution < 1.29 is 17.6 Å². The van der Waals surface area contributed by atoms with Crippen molar-refractivity contribution in [2.24, 2.45) is 0 Å². The first kappa shape index (κ1) is 16.4. The van der Waals surface area contributed by atoms with Gasteiger partial charge in [-0.1, -0.05) is 6.07 Å². The molecule has 0 saturated heterocycles. The number of carbonyl (C=O) groups excluding carboxylic acids is 1. The van der Waals surface area contributed by atoms with Crippen LogP contribution in [0.15, 0.2) is 47.4 Å². The van der Waals surface area contributed by atoms with Crippen molar-refractivity contribution in [1.29, 1.82) is 0 Å². The molecule has 1 amide bonds. The molecular formula is C17H17FN2O3S. The van der Waals surface area contributed by atoms with Gasteiger partial charge in [-0.3, -0.25) is 9.52 Å². The zero-order chi connectivity index (χ0) is 17.3. The van der Waals surface area contributed by atoms with Crippen LogP contribution < -0.4 is 10.0 Å². The quantitative estimate of drug-likeness (QED) is 0.872. The predicted octanol–water partition coefficient (Wildman–Crippen LogP) is 2.83. The highest BCUT2D eigenvalue weighted by Gasteiger charge is 2.24. The van der Waals surface area contributed by atoms with Crippen LogP contribution in [0, 0.1) is 12.7 Å². The van der Waals surface area contributed by atoms with E-state index in [0.29, 0.717) is 11.1 Å². The molecular weight excluding hydrogens is 331 g/mol. The van der Waals surface area contributed by atoms with Crippen molar-refractivity contribution in [2.45, 2.75) is 30.7 Å². The minimum Gasteiger partial charge on any atom is -0.349 e. The number of anilines is 1. The third kappa shape index (κ3) is 3.73. The number of hydrogen-bond donors (Lipinski definition) is 2. The van der Waals surface area contributed by atoms with Crippen molar-refractivity contribution in [1.82, 2.24) is 5.32 Å². The fourth-order valence-corrected chi connectivity index (χ4v) is 3.62. The van der Waals surface area contributed by atoms with E-state index in [1.165, 1.54) is 19.1 Å². The molecule has 3 rings (SSSR count). The zero-order valence-electron chi connectivity index (χ0n) is 13.0. The van der Waals surface area contributed by atoms with E-state index in [0.717, 1.165) is 25.0 Å². The molecule has 1 aliphatic carbocycles. The van der Waals surface area contributed by atoms with E-state index in [9.17, 15) is 17.6 Å². The normalized spacial score (nSPS) is 14.2. The number of sulfonamides is 1. The maximum absolute atomic E-state index is 13.2. The Labute approximate surface area is 139 Å². The number of halogens is 1. The molecule has 1 fully saturated rings. The molecule has 0 spiro atoms. The SMILES string of the molecule is Cc1cc(F)ccc1S(=O)(=O)Nc1cccc(C(=O)NC2CC2)c1. The van der Waals surface area contributed by atoms with Gasteiger partial charge in [-0.25, -0.2) is 12.8 Å². The Bertz CT molecular complexity index is 892. The standard InChI is InChI=1S/C17H17FN2O3S/c1-11-9-13(18)5-8-16(11)24(22,23)20-15-4-2-3-12(10-15)17(21)19-14-6-7-14/h2-5,8-10,14,20H,6-7H2,1H3,(H,19,21). The van der Waals surface area contributed by atoms with Gasteiger partial charge in [0.1, 0.15) is 5.82 Å². The van der Waals surface area contributed by atoms with Crippen LogP contribution in [0.3, 0.4) is 0 Å². The van der Waals surface area contributed by atoms with E-state index >= 15 is 0 Å². The molecule has 1 aliphatic rings. The van der Waals surface area contributed by atoms with Crippen LogP contribution >= 0.6 is 0 Å². The maximum atomic E-state index is 13.2. The lowest BCUT2D eigenvalue weighted by atomic mass is 10.2. The molecule has 0 bridgehead atoms. The van der Waals surface area contributed by atoms with Crippen molar-refractivity contribution in [3.05, 3.63) is 59.4 Å². The van der Waals surface area contributed by atoms with E-state index in [4.69, 9.17) is 0 Å². The Morgan fingerprint density at radius 3 is 2.58 bits per heavy atom. The Balaban J connectivity index is 1.83. The van der Waals surface area contributed by atoms with Crippen LogP contribution in [0.5, 0.6) is 0 Å². The van der Waals surface area contributed by atoms with Gasteiger partial charge >= 0.3 is 0 Å². The van der Waals surface area contributed by atoms with E-state index in [-0.39, 0.29) is 22.5 Å². The number of hydrogen-bond acceptors (Lipinski definition) is 3. The van der Waals surface area contributed by atoms with Gasteiger partial charge in [-0.2, -0.15) is 0 Å². The third-order valence-electron chi connectivity index (χ3n) is 3.72. The van der Waals surface area contributed by atoms with Crippen LogP contribution in [0.4, 0.5) is 10.1 Å². The van der Waals surface area contributed by atoms with Gasteiger partial charge in [0.15, 0.2) is 0 Å². The summed E-state index contributed by atoms with van der Waals surface area (Å²) in [4.78, 5) is 12.0. The first-order valence-corrected chi connectivity index (χ1v) is 9.03. The van der Waals surface area contributed by atoms with Crippen LogP contribution in [-0.2, 0) is 10.0 Å². The largest absolute Gasteiger partial charge is 0.349 e. The number of benzene rings is 2. The van der Waals surface area contributed by atoms with Crippen molar-refractivity contribution in [2.75, 3.05) is 4.72 Å². The highest BCUT2D eigenvalue weighted by Crippen LogP contribution is 2.22. The summed E-state index contributed by atoms with van der Waals surface area (Å²) in [6, 6.07) is 9.97. The highest BCUT2D eigenvalue weighted by molar-refractivity contribution is 7.92. The second-order valence-corrected chi connectivity index (χ2v) is 7.49. The molecule has 5 nitrogen and oxygen atoms in total.